The van der Waals surface area contributed by atoms with Gasteiger partial charge in [0.05, 0.1) is 12.0 Å². The van der Waals surface area contributed by atoms with E-state index in [4.69, 9.17) is 0 Å². The molecule has 6 nitrogen and oxygen atoms in total. The first kappa shape index (κ1) is 14.9. The Morgan fingerprint density at radius 1 is 1.32 bits per heavy atom. The van der Waals surface area contributed by atoms with E-state index in [1.54, 1.807) is 35.2 Å². The summed E-state index contributed by atoms with van der Waals surface area (Å²) in [5, 5.41) is 4.00. The molecule has 22 heavy (non-hydrogen) atoms. The van der Waals surface area contributed by atoms with E-state index in [2.05, 4.69) is 14.7 Å². The fourth-order valence-corrected chi connectivity index (χ4v) is 3.58. The topological polar surface area (TPSA) is 76.9 Å². The molecule has 0 amide bonds. The van der Waals surface area contributed by atoms with Crippen molar-refractivity contribution in [3.05, 3.63) is 53.2 Å². The summed E-state index contributed by atoms with van der Waals surface area (Å²) in [4.78, 5) is 8.16. The number of aromatic nitrogens is 3. The number of hydrogen-bond acceptors (Lipinski definition) is 5. The second-order valence-corrected chi connectivity index (χ2v) is 7.26. The molecule has 0 aliphatic heterocycles. The van der Waals surface area contributed by atoms with Crippen LogP contribution in [0.5, 0.6) is 0 Å². The third-order valence-electron chi connectivity index (χ3n) is 3.06. The van der Waals surface area contributed by atoms with Crippen LogP contribution in [0.1, 0.15) is 5.56 Å². The number of nitrogens with one attached hydrogen (secondary N) is 1. The van der Waals surface area contributed by atoms with Gasteiger partial charge in [-0.05, 0) is 29.1 Å². The zero-order valence-electron chi connectivity index (χ0n) is 11.8. The van der Waals surface area contributed by atoms with Crippen LogP contribution in [0, 0.1) is 0 Å². The van der Waals surface area contributed by atoms with Crippen molar-refractivity contribution in [2.75, 3.05) is 0 Å². The Bertz CT molecular complexity index is 870. The van der Waals surface area contributed by atoms with E-state index >= 15 is 0 Å². The number of aryl methyl sites for hydroxylation is 1. The van der Waals surface area contributed by atoms with Crippen LogP contribution in [0.15, 0.2) is 52.7 Å². The molecule has 0 saturated heterocycles. The maximum Gasteiger partial charge on any atom is 0.259 e. The normalized spacial score (nSPS) is 11.7. The van der Waals surface area contributed by atoms with Gasteiger partial charge in [0.15, 0.2) is 5.03 Å². The first-order valence-electron chi connectivity index (χ1n) is 6.50. The highest BCUT2D eigenvalue weighted by molar-refractivity contribution is 7.89. The summed E-state index contributed by atoms with van der Waals surface area (Å²) >= 11 is 1.60. The number of pyridine rings is 1. The number of thiophene rings is 1. The zero-order chi connectivity index (χ0) is 15.6. The molecule has 0 spiro atoms. The molecule has 0 radical (unpaired) electrons. The van der Waals surface area contributed by atoms with Crippen molar-refractivity contribution in [2.24, 2.45) is 7.05 Å². The maximum absolute atomic E-state index is 12.1. The maximum atomic E-state index is 12.1. The third-order valence-corrected chi connectivity index (χ3v) is 5.03. The van der Waals surface area contributed by atoms with Crippen molar-refractivity contribution < 1.29 is 8.42 Å². The Labute approximate surface area is 132 Å². The lowest BCUT2D eigenvalue weighted by atomic mass is 10.1. The quantitative estimate of drug-likeness (QED) is 0.774. The van der Waals surface area contributed by atoms with Gasteiger partial charge in [0.2, 0.25) is 0 Å². The van der Waals surface area contributed by atoms with Crippen molar-refractivity contribution in [3.63, 3.8) is 0 Å². The van der Waals surface area contributed by atoms with Crippen LogP contribution >= 0.6 is 11.3 Å². The summed E-state index contributed by atoms with van der Waals surface area (Å²) in [5.74, 6) is 0. The minimum Gasteiger partial charge on any atom is -0.339 e. The molecule has 3 aromatic rings. The van der Waals surface area contributed by atoms with Crippen LogP contribution in [0.3, 0.4) is 0 Å². The number of sulfonamides is 1. The van der Waals surface area contributed by atoms with Crippen molar-refractivity contribution in [3.8, 4) is 11.3 Å². The lowest BCUT2D eigenvalue weighted by Crippen LogP contribution is -2.23. The number of imidazole rings is 1. The molecule has 3 aromatic heterocycles. The molecule has 0 aromatic carbocycles. The summed E-state index contributed by atoms with van der Waals surface area (Å²) in [5.41, 5.74) is 2.70. The highest BCUT2D eigenvalue weighted by atomic mass is 32.2. The van der Waals surface area contributed by atoms with Gasteiger partial charge in [-0.1, -0.05) is 0 Å². The monoisotopic (exact) mass is 334 g/mol. The Morgan fingerprint density at radius 3 is 2.86 bits per heavy atom. The lowest BCUT2D eigenvalue weighted by Gasteiger charge is -2.06. The lowest BCUT2D eigenvalue weighted by molar-refractivity contribution is 0.578. The van der Waals surface area contributed by atoms with Gasteiger partial charge in [0.1, 0.15) is 0 Å². The van der Waals surface area contributed by atoms with Gasteiger partial charge in [0.25, 0.3) is 10.0 Å². The average Bonchev–Trinajstić information content (AvgIpc) is 3.17. The number of rotatable bonds is 5. The van der Waals surface area contributed by atoms with Gasteiger partial charge < -0.3 is 4.57 Å². The Balaban J connectivity index is 1.75. The van der Waals surface area contributed by atoms with Crippen molar-refractivity contribution in [2.45, 2.75) is 11.6 Å². The van der Waals surface area contributed by atoms with E-state index in [9.17, 15) is 8.42 Å². The minimum atomic E-state index is -3.60. The minimum absolute atomic E-state index is 0.0158. The summed E-state index contributed by atoms with van der Waals surface area (Å²) in [6.07, 6.45) is 4.60. The predicted molar refractivity (Wildman–Crippen MR) is 84.8 cm³/mol. The Hall–Kier alpha value is -2.03. The van der Waals surface area contributed by atoms with Crippen molar-refractivity contribution >= 4 is 21.4 Å². The van der Waals surface area contributed by atoms with Gasteiger partial charge in [0, 0.05) is 36.9 Å². The molecule has 0 unspecified atom stereocenters. The molecular weight excluding hydrogens is 320 g/mol. The van der Waals surface area contributed by atoms with Crippen molar-refractivity contribution in [1.29, 1.82) is 0 Å². The van der Waals surface area contributed by atoms with Crippen molar-refractivity contribution in [1.82, 2.24) is 19.3 Å². The molecule has 1 N–H and O–H groups in total. The molecule has 0 fully saturated rings. The standard InChI is InChI=1S/C14H14N4O2S2/c1-18-8-14(16-10-18)22(19,20)17-7-11-2-4-15-13(6-11)12-3-5-21-9-12/h2-6,8-10,17H,7H2,1H3. The van der Waals surface area contributed by atoms with E-state index in [1.807, 2.05) is 22.9 Å². The highest BCUT2D eigenvalue weighted by Gasteiger charge is 2.16. The summed E-state index contributed by atoms with van der Waals surface area (Å²) in [6.45, 7) is 0.193. The molecule has 3 heterocycles. The van der Waals surface area contributed by atoms with Gasteiger partial charge in [-0.25, -0.2) is 18.1 Å². The molecule has 0 atom stereocenters. The average molecular weight is 334 g/mol. The molecule has 0 aliphatic carbocycles. The fraction of sp³-hybridized carbons (Fsp3) is 0.143. The molecular formula is C14H14N4O2S2. The molecule has 8 heteroatoms. The first-order chi connectivity index (χ1) is 10.5. The summed E-state index contributed by atoms with van der Waals surface area (Å²) < 4.78 is 28.4. The smallest absolute Gasteiger partial charge is 0.259 e. The second-order valence-electron chi connectivity index (χ2n) is 4.76. The number of hydrogen-bond donors (Lipinski definition) is 1. The van der Waals surface area contributed by atoms with Crippen LogP contribution in [-0.4, -0.2) is 23.0 Å². The van der Waals surface area contributed by atoms with Crippen LogP contribution in [-0.2, 0) is 23.6 Å². The second kappa shape index (κ2) is 5.99. The largest absolute Gasteiger partial charge is 0.339 e. The van der Waals surface area contributed by atoms with Gasteiger partial charge in [-0.15, -0.1) is 0 Å². The summed E-state index contributed by atoms with van der Waals surface area (Å²) in [6, 6.07) is 5.65. The van der Waals surface area contributed by atoms with Gasteiger partial charge in [-0.2, -0.15) is 11.3 Å². The SMILES string of the molecule is Cn1cnc(S(=O)(=O)NCc2ccnc(-c3ccsc3)c2)c1. The third kappa shape index (κ3) is 3.24. The van der Waals surface area contributed by atoms with Gasteiger partial charge in [-0.3, -0.25) is 4.98 Å². The van der Waals surface area contributed by atoms with Crippen LogP contribution in [0.25, 0.3) is 11.3 Å². The van der Waals surface area contributed by atoms with Crippen LogP contribution in [0.4, 0.5) is 0 Å². The molecule has 0 bridgehead atoms. The highest BCUT2D eigenvalue weighted by Crippen LogP contribution is 2.20. The Kier molecular flexibility index (Phi) is 4.06. The molecule has 114 valence electrons. The molecule has 0 saturated carbocycles. The molecule has 0 aliphatic rings. The number of nitrogens with zero attached hydrogens (tertiary/aromatic N) is 3. The fourth-order valence-electron chi connectivity index (χ4n) is 1.93. The van der Waals surface area contributed by atoms with Crippen LogP contribution in [0.2, 0.25) is 0 Å². The molecule has 3 rings (SSSR count). The first-order valence-corrected chi connectivity index (χ1v) is 8.92. The Morgan fingerprint density at radius 2 is 2.18 bits per heavy atom. The zero-order valence-corrected chi connectivity index (χ0v) is 13.4. The summed E-state index contributed by atoms with van der Waals surface area (Å²) in [7, 11) is -1.88. The van der Waals surface area contributed by atoms with Gasteiger partial charge >= 0.3 is 0 Å². The van der Waals surface area contributed by atoms with E-state index in [0.29, 0.717) is 0 Å². The predicted octanol–water partition coefficient (Wildman–Crippen LogP) is 2.02. The van der Waals surface area contributed by atoms with E-state index in [1.165, 1.54) is 12.5 Å². The van der Waals surface area contributed by atoms with E-state index in [0.717, 1.165) is 16.8 Å². The van der Waals surface area contributed by atoms with Crippen LogP contribution < -0.4 is 4.72 Å². The van der Waals surface area contributed by atoms with E-state index < -0.39 is 10.0 Å². The van der Waals surface area contributed by atoms with E-state index in [-0.39, 0.29) is 11.6 Å².